The number of rotatable bonds is 3. The van der Waals surface area contributed by atoms with Gasteiger partial charge >= 0.3 is 0 Å². The van der Waals surface area contributed by atoms with Crippen LogP contribution in [0.5, 0.6) is 5.75 Å². The number of phenolic OH excluding ortho intramolecular Hbond substituents is 1. The van der Waals surface area contributed by atoms with Crippen molar-refractivity contribution >= 4 is 11.4 Å². The first kappa shape index (κ1) is 12.9. The predicted molar refractivity (Wildman–Crippen MR) is 71.9 cm³/mol. The number of nitrogens with zero attached hydrogens (tertiary/aromatic N) is 2. The van der Waals surface area contributed by atoms with Gasteiger partial charge in [0.05, 0.1) is 17.3 Å². The van der Waals surface area contributed by atoms with E-state index in [2.05, 4.69) is 0 Å². The number of hydrogen-bond acceptors (Lipinski definition) is 3. The molecule has 0 aromatic heterocycles. The largest absolute Gasteiger partial charge is 0.508 e. The summed E-state index contributed by atoms with van der Waals surface area (Å²) in [6, 6.07) is 12.9. The third kappa shape index (κ3) is 2.66. The molecule has 0 aliphatic rings. The first-order valence-electron chi connectivity index (χ1n) is 5.92. The third-order valence-corrected chi connectivity index (χ3v) is 2.83. The van der Waals surface area contributed by atoms with Crippen LogP contribution >= 0.6 is 0 Å². The van der Waals surface area contributed by atoms with Gasteiger partial charge in [0.15, 0.2) is 0 Å². The Morgan fingerprint density at radius 1 is 1.26 bits per heavy atom. The standard InChI is InChI=1S/C15H13FN2O/c1-2-18(12-4-3-5-13(19)9-12)15-7-6-11(10-17)8-14(15)16/h3-9,19H,2H2,1H3. The van der Waals surface area contributed by atoms with Gasteiger partial charge in [0.25, 0.3) is 0 Å². The van der Waals surface area contributed by atoms with Crippen molar-refractivity contribution in [2.75, 3.05) is 11.4 Å². The first-order chi connectivity index (χ1) is 9.15. The van der Waals surface area contributed by atoms with Crippen LogP contribution in [0.2, 0.25) is 0 Å². The zero-order chi connectivity index (χ0) is 13.8. The maximum Gasteiger partial charge on any atom is 0.148 e. The number of nitriles is 1. The molecule has 0 atom stereocenters. The molecular formula is C15H13FN2O. The number of anilines is 2. The quantitative estimate of drug-likeness (QED) is 0.913. The molecule has 2 rings (SSSR count). The maximum absolute atomic E-state index is 14.0. The highest BCUT2D eigenvalue weighted by molar-refractivity contribution is 5.65. The minimum Gasteiger partial charge on any atom is -0.508 e. The zero-order valence-electron chi connectivity index (χ0n) is 10.5. The Bertz CT molecular complexity index is 634. The Kier molecular flexibility index (Phi) is 3.67. The number of benzene rings is 2. The van der Waals surface area contributed by atoms with Crippen molar-refractivity contribution in [1.29, 1.82) is 5.26 Å². The summed E-state index contributed by atoms with van der Waals surface area (Å²) in [5, 5.41) is 18.2. The highest BCUT2D eigenvalue weighted by atomic mass is 19.1. The summed E-state index contributed by atoms with van der Waals surface area (Å²) in [6.45, 7) is 2.44. The number of aromatic hydroxyl groups is 1. The molecular weight excluding hydrogens is 243 g/mol. The van der Waals surface area contributed by atoms with Crippen LogP contribution < -0.4 is 4.90 Å². The van der Waals surface area contributed by atoms with Crippen molar-refractivity contribution in [3.63, 3.8) is 0 Å². The van der Waals surface area contributed by atoms with Gasteiger partial charge in [0.2, 0.25) is 0 Å². The molecule has 3 nitrogen and oxygen atoms in total. The van der Waals surface area contributed by atoms with Gasteiger partial charge in [-0.25, -0.2) is 4.39 Å². The van der Waals surface area contributed by atoms with Gasteiger partial charge in [0, 0.05) is 18.3 Å². The van der Waals surface area contributed by atoms with Crippen LogP contribution in [0.1, 0.15) is 12.5 Å². The average molecular weight is 256 g/mol. The highest BCUT2D eigenvalue weighted by Crippen LogP contribution is 2.30. The molecule has 2 aromatic carbocycles. The summed E-state index contributed by atoms with van der Waals surface area (Å²) in [7, 11) is 0. The van der Waals surface area contributed by atoms with Crippen LogP contribution in [-0.2, 0) is 0 Å². The minimum atomic E-state index is -0.454. The fourth-order valence-electron chi connectivity index (χ4n) is 1.95. The van der Waals surface area contributed by atoms with E-state index in [4.69, 9.17) is 5.26 Å². The van der Waals surface area contributed by atoms with E-state index >= 15 is 0 Å². The van der Waals surface area contributed by atoms with E-state index in [1.54, 1.807) is 41.3 Å². The lowest BCUT2D eigenvalue weighted by Crippen LogP contribution is -2.17. The van der Waals surface area contributed by atoms with E-state index < -0.39 is 5.82 Å². The average Bonchev–Trinajstić information content (AvgIpc) is 2.41. The van der Waals surface area contributed by atoms with Crippen LogP contribution in [0.25, 0.3) is 0 Å². The normalized spacial score (nSPS) is 9.95. The molecule has 0 saturated heterocycles. The van der Waals surface area contributed by atoms with E-state index in [1.165, 1.54) is 6.07 Å². The van der Waals surface area contributed by atoms with Gasteiger partial charge in [-0.1, -0.05) is 6.07 Å². The molecule has 0 aliphatic carbocycles. The smallest absolute Gasteiger partial charge is 0.148 e. The summed E-state index contributed by atoms with van der Waals surface area (Å²) >= 11 is 0. The zero-order valence-corrected chi connectivity index (χ0v) is 10.5. The molecule has 0 radical (unpaired) electrons. The van der Waals surface area contributed by atoms with E-state index in [-0.39, 0.29) is 11.3 Å². The topological polar surface area (TPSA) is 47.3 Å². The molecule has 0 saturated carbocycles. The van der Waals surface area contributed by atoms with Crippen molar-refractivity contribution in [3.05, 3.63) is 53.8 Å². The first-order valence-corrected chi connectivity index (χ1v) is 5.92. The third-order valence-electron chi connectivity index (χ3n) is 2.83. The lowest BCUT2D eigenvalue weighted by atomic mass is 10.1. The number of phenols is 1. The molecule has 0 amide bonds. The Morgan fingerprint density at radius 3 is 2.63 bits per heavy atom. The van der Waals surface area contributed by atoms with Gasteiger partial charge in [-0.15, -0.1) is 0 Å². The Balaban J connectivity index is 2.46. The molecule has 4 heteroatoms. The van der Waals surface area contributed by atoms with Crippen LogP contribution in [0, 0.1) is 17.1 Å². The lowest BCUT2D eigenvalue weighted by molar-refractivity contribution is 0.475. The summed E-state index contributed by atoms with van der Waals surface area (Å²) in [5.74, 6) is -0.325. The Morgan fingerprint density at radius 2 is 2.05 bits per heavy atom. The van der Waals surface area contributed by atoms with E-state index in [9.17, 15) is 9.50 Å². The molecule has 0 spiro atoms. The van der Waals surface area contributed by atoms with Crippen molar-refractivity contribution < 1.29 is 9.50 Å². The van der Waals surface area contributed by atoms with Crippen LogP contribution in [-0.4, -0.2) is 11.7 Å². The molecule has 96 valence electrons. The van der Waals surface area contributed by atoms with E-state index in [0.717, 1.165) is 0 Å². The summed E-state index contributed by atoms with van der Waals surface area (Å²) < 4.78 is 14.0. The fourth-order valence-corrected chi connectivity index (χ4v) is 1.95. The van der Waals surface area contributed by atoms with Gasteiger partial charge in [0.1, 0.15) is 11.6 Å². The van der Waals surface area contributed by atoms with E-state index in [1.807, 2.05) is 13.0 Å². The van der Waals surface area contributed by atoms with E-state index in [0.29, 0.717) is 17.9 Å². The molecule has 0 bridgehead atoms. The van der Waals surface area contributed by atoms with Crippen molar-refractivity contribution in [1.82, 2.24) is 0 Å². The monoisotopic (exact) mass is 256 g/mol. The molecule has 1 N–H and O–H groups in total. The maximum atomic E-state index is 14.0. The summed E-state index contributed by atoms with van der Waals surface area (Å²) in [5.41, 5.74) is 1.37. The molecule has 0 fully saturated rings. The highest BCUT2D eigenvalue weighted by Gasteiger charge is 2.13. The second-order valence-corrected chi connectivity index (χ2v) is 4.04. The lowest BCUT2D eigenvalue weighted by Gasteiger charge is -2.24. The van der Waals surface area contributed by atoms with Crippen LogP contribution in [0.3, 0.4) is 0 Å². The van der Waals surface area contributed by atoms with Crippen molar-refractivity contribution in [3.8, 4) is 11.8 Å². The minimum absolute atomic E-state index is 0.130. The summed E-state index contributed by atoms with van der Waals surface area (Å²) in [4.78, 5) is 1.73. The second kappa shape index (κ2) is 5.40. The van der Waals surface area contributed by atoms with Crippen molar-refractivity contribution in [2.45, 2.75) is 6.92 Å². The van der Waals surface area contributed by atoms with Gasteiger partial charge in [-0.3, -0.25) is 0 Å². The Hall–Kier alpha value is -2.54. The van der Waals surface area contributed by atoms with Crippen LogP contribution in [0.4, 0.5) is 15.8 Å². The summed E-state index contributed by atoms with van der Waals surface area (Å²) in [6.07, 6.45) is 0. The Labute approximate surface area is 111 Å². The molecule has 19 heavy (non-hydrogen) atoms. The molecule has 0 unspecified atom stereocenters. The van der Waals surface area contributed by atoms with Gasteiger partial charge < -0.3 is 10.0 Å². The SMILES string of the molecule is CCN(c1cccc(O)c1)c1ccc(C#N)cc1F. The van der Waals surface area contributed by atoms with Crippen molar-refractivity contribution in [2.24, 2.45) is 0 Å². The van der Waals surface area contributed by atoms with Gasteiger partial charge in [-0.2, -0.15) is 5.26 Å². The number of halogens is 1. The van der Waals surface area contributed by atoms with Crippen LogP contribution in [0.15, 0.2) is 42.5 Å². The predicted octanol–water partition coefficient (Wildman–Crippen LogP) is 3.56. The molecule has 0 heterocycles. The fraction of sp³-hybridized carbons (Fsp3) is 0.133. The van der Waals surface area contributed by atoms with Gasteiger partial charge in [-0.05, 0) is 37.3 Å². The molecule has 0 aliphatic heterocycles. The molecule has 2 aromatic rings. The second-order valence-electron chi connectivity index (χ2n) is 4.04. The number of hydrogen-bond donors (Lipinski definition) is 1.